The van der Waals surface area contributed by atoms with Crippen LogP contribution in [0.2, 0.25) is 0 Å². The van der Waals surface area contributed by atoms with E-state index in [2.05, 4.69) is 74.2 Å². The van der Waals surface area contributed by atoms with E-state index in [1.165, 1.54) is 5.56 Å². The van der Waals surface area contributed by atoms with Crippen molar-refractivity contribution >= 4 is 53.0 Å². The van der Waals surface area contributed by atoms with E-state index in [9.17, 15) is 0 Å². The minimum Gasteiger partial charge on any atom is -0.356 e. The smallest absolute Gasteiger partial charge is 0.190 e. The Labute approximate surface area is 194 Å². The third-order valence-corrected chi connectivity index (χ3v) is 5.67. The lowest BCUT2D eigenvalue weighted by atomic mass is 10.1. The number of thiophene rings is 1. The molecule has 0 amide bonds. The summed E-state index contributed by atoms with van der Waals surface area (Å²) >= 11 is 3.40. The number of aryl methyl sites for hydroxylation is 1. The van der Waals surface area contributed by atoms with Crippen molar-refractivity contribution in [2.75, 3.05) is 26.4 Å². The number of halogens is 1. The normalized spacial score (nSPS) is 12.7. The number of aliphatic imine (C=N–C) groups is 1. The van der Waals surface area contributed by atoms with Crippen LogP contribution in [-0.4, -0.2) is 47.1 Å². The van der Waals surface area contributed by atoms with Gasteiger partial charge in [0.25, 0.3) is 0 Å². The quantitative estimate of drug-likeness (QED) is 0.156. The van der Waals surface area contributed by atoms with E-state index in [1.807, 2.05) is 7.05 Å². The van der Waals surface area contributed by atoms with E-state index >= 15 is 0 Å². The Morgan fingerprint density at radius 3 is 2.68 bits per heavy atom. The third kappa shape index (κ3) is 7.90. The summed E-state index contributed by atoms with van der Waals surface area (Å²) in [6, 6.07) is 2.18. The van der Waals surface area contributed by atoms with Gasteiger partial charge < -0.3 is 15.2 Å². The van der Waals surface area contributed by atoms with Crippen LogP contribution in [0.15, 0.2) is 27.0 Å². The highest BCUT2D eigenvalue weighted by Crippen LogP contribution is 2.17. The molecule has 9 heteroatoms. The van der Waals surface area contributed by atoms with Gasteiger partial charge in [0.15, 0.2) is 11.1 Å². The van der Waals surface area contributed by atoms with Gasteiger partial charge in [-0.05, 0) is 46.9 Å². The highest BCUT2D eigenvalue weighted by Gasteiger charge is 2.12. The van der Waals surface area contributed by atoms with Gasteiger partial charge >= 0.3 is 0 Å². The molecule has 0 fully saturated rings. The van der Waals surface area contributed by atoms with E-state index in [1.54, 1.807) is 23.1 Å². The van der Waals surface area contributed by atoms with Gasteiger partial charge in [-0.2, -0.15) is 11.3 Å². The molecule has 0 aliphatic rings. The molecule has 0 aliphatic carbocycles. The summed E-state index contributed by atoms with van der Waals surface area (Å²) in [4.78, 5) is 4.32. The number of aromatic nitrogens is 3. The SMILES string of the molecule is CN=C(NCCCc1nnc(SC)n1CC(C)C)NCC(C)c1ccsc1.I. The molecule has 0 saturated carbocycles. The molecule has 0 aliphatic heterocycles. The van der Waals surface area contributed by atoms with Crippen molar-refractivity contribution in [2.45, 2.75) is 51.2 Å². The Kier molecular flexibility index (Phi) is 12.1. The Morgan fingerprint density at radius 2 is 2.07 bits per heavy atom. The van der Waals surface area contributed by atoms with Crippen molar-refractivity contribution in [1.29, 1.82) is 0 Å². The molecule has 28 heavy (non-hydrogen) atoms. The predicted molar refractivity (Wildman–Crippen MR) is 132 cm³/mol. The van der Waals surface area contributed by atoms with E-state index < -0.39 is 0 Å². The van der Waals surface area contributed by atoms with Gasteiger partial charge in [-0.25, -0.2) is 0 Å². The molecule has 2 aromatic heterocycles. The largest absolute Gasteiger partial charge is 0.356 e. The molecule has 2 heterocycles. The maximum absolute atomic E-state index is 4.38. The molecule has 1 unspecified atom stereocenters. The summed E-state index contributed by atoms with van der Waals surface area (Å²) in [6.07, 6.45) is 3.96. The van der Waals surface area contributed by atoms with Crippen LogP contribution >= 0.6 is 47.1 Å². The molecule has 1 atom stereocenters. The van der Waals surface area contributed by atoms with Crippen molar-refractivity contribution in [3.63, 3.8) is 0 Å². The molecule has 158 valence electrons. The third-order valence-electron chi connectivity index (χ3n) is 4.30. The van der Waals surface area contributed by atoms with Crippen LogP contribution in [0, 0.1) is 5.92 Å². The van der Waals surface area contributed by atoms with E-state index in [0.29, 0.717) is 11.8 Å². The number of nitrogens with one attached hydrogen (secondary N) is 2. The summed E-state index contributed by atoms with van der Waals surface area (Å²) in [7, 11) is 1.81. The minimum absolute atomic E-state index is 0. The van der Waals surface area contributed by atoms with E-state index in [-0.39, 0.29) is 24.0 Å². The number of guanidine groups is 1. The van der Waals surface area contributed by atoms with Crippen LogP contribution in [0.25, 0.3) is 0 Å². The molecule has 0 radical (unpaired) electrons. The molecule has 2 rings (SSSR count). The summed E-state index contributed by atoms with van der Waals surface area (Å²) < 4.78 is 2.25. The van der Waals surface area contributed by atoms with Crippen LogP contribution < -0.4 is 10.6 Å². The first kappa shape index (κ1) is 25.2. The Bertz CT molecular complexity index is 699. The van der Waals surface area contributed by atoms with Gasteiger partial charge in [-0.15, -0.1) is 34.2 Å². The molecule has 2 N–H and O–H groups in total. The number of nitrogens with zero attached hydrogens (tertiary/aromatic N) is 4. The molecular weight excluding hydrogens is 503 g/mol. The van der Waals surface area contributed by atoms with Gasteiger partial charge in [0.1, 0.15) is 5.82 Å². The van der Waals surface area contributed by atoms with Crippen molar-refractivity contribution in [2.24, 2.45) is 10.9 Å². The molecule has 6 nitrogen and oxygen atoms in total. The summed E-state index contributed by atoms with van der Waals surface area (Å²) in [5.41, 5.74) is 1.37. The second kappa shape index (κ2) is 13.4. The van der Waals surface area contributed by atoms with Gasteiger partial charge in [0.05, 0.1) is 0 Å². The predicted octanol–water partition coefficient (Wildman–Crippen LogP) is 4.24. The molecule has 0 aromatic carbocycles. The number of thioether (sulfide) groups is 1. The van der Waals surface area contributed by atoms with Crippen LogP contribution in [0.1, 0.15) is 44.5 Å². The first-order chi connectivity index (χ1) is 13.0. The van der Waals surface area contributed by atoms with Gasteiger partial charge in [-0.3, -0.25) is 4.99 Å². The van der Waals surface area contributed by atoms with Crippen LogP contribution in [0.5, 0.6) is 0 Å². The lowest BCUT2D eigenvalue weighted by Gasteiger charge is -2.15. The standard InChI is InChI=1S/C19H32N6S2.HI/c1-14(2)12-25-17(23-24-19(25)26-5)7-6-9-21-18(20-4)22-11-15(3)16-8-10-27-13-16;/h8,10,13-15H,6-7,9,11-12H2,1-5H3,(H2,20,21,22);1H. The van der Waals surface area contributed by atoms with Crippen molar-refractivity contribution in [3.8, 4) is 0 Å². The first-order valence-electron chi connectivity index (χ1n) is 9.47. The van der Waals surface area contributed by atoms with E-state index in [0.717, 1.165) is 49.4 Å². The first-order valence-corrected chi connectivity index (χ1v) is 11.6. The number of hydrogen-bond acceptors (Lipinski definition) is 5. The van der Waals surface area contributed by atoms with Gasteiger partial charge in [0, 0.05) is 33.1 Å². The van der Waals surface area contributed by atoms with Crippen LogP contribution in [-0.2, 0) is 13.0 Å². The van der Waals surface area contributed by atoms with Crippen LogP contribution in [0.4, 0.5) is 0 Å². The Morgan fingerprint density at radius 1 is 1.29 bits per heavy atom. The zero-order valence-corrected chi connectivity index (χ0v) is 21.4. The molecule has 2 aromatic rings. The summed E-state index contributed by atoms with van der Waals surface area (Å²) in [6.45, 7) is 9.37. The highest BCUT2D eigenvalue weighted by molar-refractivity contribution is 14.0. The lowest BCUT2D eigenvalue weighted by Crippen LogP contribution is -2.39. The molecule has 0 bridgehead atoms. The van der Waals surface area contributed by atoms with E-state index in [4.69, 9.17) is 0 Å². The van der Waals surface area contributed by atoms with Crippen LogP contribution in [0.3, 0.4) is 0 Å². The molecule has 0 saturated heterocycles. The zero-order valence-electron chi connectivity index (χ0n) is 17.4. The van der Waals surface area contributed by atoms with Crippen molar-refractivity contribution < 1.29 is 0 Å². The molecular formula is C19H33IN6S2. The Hall–Kier alpha value is -0.810. The fourth-order valence-corrected chi connectivity index (χ4v) is 4.11. The second-order valence-corrected chi connectivity index (χ2v) is 8.60. The summed E-state index contributed by atoms with van der Waals surface area (Å²) in [5, 5.41) is 20.8. The zero-order chi connectivity index (χ0) is 19.6. The average Bonchev–Trinajstić information content (AvgIpc) is 3.31. The monoisotopic (exact) mass is 536 g/mol. The average molecular weight is 537 g/mol. The fourth-order valence-electron chi connectivity index (χ4n) is 2.80. The maximum atomic E-state index is 4.38. The van der Waals surface area contributed by atoms with Gasteiger partial charge in [-0.1, -0.05) is 32.5 Å². The number of rotatable bonds is 10. The molecule has 0 spiro atoms. The highest BCUT2D eigenvalue weighted by atomic mass is 127. The number of hydrogen-bond donors (Lipinski definition) is 2. The maximum Gasteiger partial charge on any atom is 0.190 e. The fraction of sp³-hybridized carbons (Fsp3) is 0.632. The van der Waals surface area contributed by atoms with Crippen molar-refractivity contribution in [1.82, 2.24) is 25.4 Å². The van der Waals surface area contributed by atoms with Gasteiger partial charge in [0.2, 0.25) is 0 Å². The minimum atomic E-state index is 0. The summed E-state index contributed by atoms with van der Waals surface area (Å²) in [5.74, 6) is 2.97. The van der Waals surface area contributed by atoms with Crippen molar-refractivity contribution in [3.05, 3.63) is 28.2 Å². The Balaban J connectivity index is 0.00000392. The lowest BCUT2D eigenvalue weighted by molar-refractivity contribution is 0.477. The second-order valence-electron chi connectivity index (χ2n) is 7.05. The topological polar surface area (TPSA) is 67.1 Å².